The maximum atomic E-state index is 12.7. The Balaban J connectivity index is 5.33. The third-order valence-electron chi connectivity index (χ3n) is 4.71. The van der Waals surface area contributed by atoms with Crippen molar-refractivity contribution >= 4 is 48.2 Å². The van der Waals surface area contributed by atoms with Crippen molar-refractivity contribution in [3.63, 3.8) is 0 Å². The second kappa shape index (κ2) is 15.7. The van der Waals surface area contributed by atoms with Crippen molar-refractivity contribution in [2.75, 3.05) is 12.3 Å². The van der Waals surface area contributed by atoms with Crippen molar-refractivity contribution in [3.05, 3.63) is 0 Å². The Morgan fingerprint density at radius 1 is 0.882 bits per heavy atom. The zero-order valence-corrected chi connectivity index (χ0v) is 20.2. The fourth-order valence-electron chi connectivity index (χ4n) is 2.63. The number of nitrogens with two attached hydrogens (primary N) is 4. The normalized spacial score (nSPS) is 14.3. The van der Waals surface area contributed by atoms with Gasteiger partial charge in [0.15, 0.2) is 5.96 Å². The summed E-state index contributed by atoms with van der Waals surface area (Å²) < 4.78 is 0. The van der Waals surface area contributed by atoms with Crippen molar-refractivity contribution in [2.24, 2.45) is 33.8 Å². The Morgan fingerprint density at radius 3 is 1.88 bits per heavy atom. The van der Waals surface area contributed by atoms with Crippen LogP contribution in [0.2, 0.25) is 0 Å². The highest BCUT2D eigenvalue weighted by Gasteiger charge is 2.30. The SMILES string of the molecule is CC(C)C(N)C(=O)NC(CS)C(=O)NC(CCC(N)=O)C(=O)NC(CCCN=C(N)N)C(=O)O. The van der Waals surface area contributed by atoms with Gasteiger partial charge in [0.2, 0.25) is 23.6 Å². The number of aliphatic carboxylic acids is 1. The van der Waals surface area contributed by atoms with Crippen LogP contribution in [0.25, 0.3) is 0 Å². The first-order valence-corrected chi connectivity index (χ1v) is 11.3. The Bertz CT molecular complexity index is 759. The van der Waals surface area contributed by atoms with Gasteiger partial charge in [-0.05, 0) is 25.2 Å². The molecule has 0 saturated heterocycles. The molecule has 0 aromatic carbocycles. The highest BCUT2D eigenvalue weighted by atomic mass is 32.1. The largest absolute Gasteiger partial charge is 0.480 e. The molecule has 4 unspecified atom stereocenters. The third-order valence-corrected chi connectivity index (χ3v) is 5.07. The number of nitrogens with zero attached hydrogens (tertiary/aromatic N) is 1. The van der Waals surface area contributed by atoms with Crippen LogP contribution >= 0.6 is 12.6 Å². The molecule has 34 heavy (non-hydrogen) atoms. The molecule has 14 nitrogen and oxygen atoms in total. The number of guanidine groups is 1. The van der Waals surface area contributed by atoms with E-state index in [4.69, 9.17) is 22.9 Å². The van der Waals surface area contributed by atoms with Crippen LogP contribution in [-0.4, -0.2) is 77.1 Å². The average Bonchev–Trinajstić information content (AvgIpc) is 2.75. The molecule has 0 fully saturated rings. The Kier molecular flexibility index (Phi) is 14.3. The van der Waals surface area contributed by atoms with E-state index in [0.29, 0.717) is 0 Å². The van der Waals surface area contributed by atoms with Crippen LogP contribution in [0.1, 0.15) is 39.5 Å². The van der Waals surface area contributed by atoms with E-state index >= 15 is 0 Å². The average molecular weight is 505 g/mol. The molecule has 4 atom stereocenters. The molecule has 0 aliphatic heterocycles. The van der Waals surface area contributed by atoms with Gasteiger partial charge in [-0.3, -0.25) is 24.2 Å². The second-order valence-corrected chi connectivity index (χ2v) is 8.29. The molecule has 0 rings (SSSR count). The van der Waals surface area contributed by atoms with E-state index in [1.54, 1.807) is 13.8 Å². The highest BCUT2D eigenvalue weighted by molar-refractivity contribution is 7.80. The quantitative estimate of drug-likeness (QED) is 0.0442. The molecule has 15 heteroatoms. The fourth-order valence-corrected chi connectivity index (χ4v) is 2.88. The van der Waals surface area contributed by atoms with E-state index in [-0.39, 0.29) is 49.9 Å². The number of carbonyl (C=O) groups excluding carboxylic acids is 4. The number of nitrogens with one attached hydrogen (secondary N) is 3. The predicted molar refractivity (Wildman–Crippen MR) is 128 cm³/mol. The number of carbonyl (C=O) groups is 5. The Hall–Kier alpha value is -3.07. The van der Waals surface area contributed by atoms with Crippen LogP contribution < -0.4 is 38.9 Å². The summed E-state index contributed by atoms with van der Waals surface area (Å²) in [4.78, 5) is 64.1. The summed E-state index contributed by atoms with van der Waals surface area (Å²) in [6.45, 7) is 3.63. The molecule has 0 aliphatic rings. The van der Waals surface area contributed by atoms with E-state index in [1.807, 2.05) is 0 Å². The standard InChI is InChI=1S/C19H36N8O6S/c1-9(2)14(21)17(31)27-12(8-34)16(30)25-10(5-6-13(20)28)15(29)26-11(18(32)33)4-3-7-24-19(22)23/h9-12,14,34H,3-8,21H2,1-2H3,(H2,20,28)(H,25,30)(H,26,29)(H,27,31)(H,32,33)(H4,22,23,24). The molecular formula is C19H36N8O6S. The van der Waals surface area contributed by atoms with Gasteiger partial charge in [0.25, 0.3) is 0 Å². The smallest absolute Gasteiger partial charge is 0.326 e. The molecule has 0 saturated carbocycles. The first kappa shape index (κ1) is 30.9. The van der Waals surface area contributed by atoms with E-state index in [2.05, 4.69) is 33.6 Å². The van der Waals surface area contributed by atoms with Crippen LogP contribution in [0, 0.1) is 5.92 Å². The van der Waals surface area contributed by atoms with Gasteiger partial charge in [-0.2, -0.15) is 12.6 Å². The summed E-state index contributed by atoms with van der Waals surface area (Å²) in [5, 5.41) is 16.6. The minimum Gasteiger partial charge on any atom is -0.480 e. The van der Waals surface area contributed by atoms with E-state index in [9.17, 15) is 29.1 Å². The minimum atomic E-state index is -1.30. The zero-order chi connectivity index (χ0) is 26.4. The van der Waals surface area contributed by atoms with Crippen molar-refractivity contribution in [3.8, 4) is 0 Å². The van der Waals surface area contributed by atoms with Crippen LogP contribution in [0.3, 0.4) is 0 Å². The maximum Gasteiger partial charge on any atom is 0.326 e. The summed E-state index contributed by atoms with van der Waals surface area (Å²) in [5.41, 5.74) is 21.4. The lowest BCUT2D eigenvalue weighted by Gasteiger charge is -2.25. The molecular weight excluding hydrogens is 468 g/mol. The molecule has 0 radical (unpaired) electrons. The second-order valence-electron chi connectivity index (χ2n) is 7.93. The number of thiol groups is 1. The maximum absolute atomic E-state index is 12.7. The molecule has 12 N–H and O–H groups in total. The summed E-state index contributed by atoms with van der Waals surface area (Å²) in [6, 6.07) is -4.57. The molecule has 4 amide bonds. The van der Waals surface area contributed by atoms with Crippen LogP contribution in [0.4, 0.5) is 0 Å². The van der Waals surface area contributed by atoms with E-state index < -0.39 is 53.8 Å². The molecule has 0 bridgehead atoms. The third kappa shape index (κ3) is 12.2. The predicted octanol–water partition coefficient (Wildman–Crippen LogP) is -3.24. The van der Waals surface area contributed by atoms with Crippen LogP contribution in [0.15, 0.2) is 4.99 Å². The monoisotopic (exact) mass is 504 g/mol. The lowest BCUT2D eigenvalue weighted by molar-refractivity contribution is -0.142. The number of aliphatic imine (C=N–C) groups is 1. The number of primary amides is 1. The van der Waals surface area contributed by atoms with Crippen molar-refractivity contribution in [1.82, 2.24) is 16.0 Å². The van der Waals surface area contributed by atoms with Gasteiger partial charge in [0, 0.05) is 18.7 Å². The van der Waals surface area contributed by atoms with Crippen molar-refractivity contribution < 1.29 is 29.1 Å². The highest BCUT2D eigenvalue weighted by Crippen LogP contribution is 2.05. The van der Waals surface area contributed by atoms with Crippen molar-refractivity contribution in [2.45, 2.75) is 63.7 Å². The number of amides is 4. The first-order valence-electron chi connectivity index (χ1n) is 10.6. The van der Waals surface area contributed by atoms with Gasteiger partial charge < -0.3 is 44.0 Å². The van der Waals surface area contributed by atoms with Gasteiger partial charge in [-0.25, -0.2) is 4.79 Å². The van der Waals surface area contributed by atoms with Gasteiger partial charge in [0.05, 0.1) is 6.04 Å². The molecule has 0 spiro atoms. The molecule has 0 aromatic heterocycles. The summed E-state index contributed by atoms with van der Waals surface area (Å²) >= 11 is 4.06. The number of hydrogen-bond acceptors (Lipinski definition) is 8. The summed E-state index contributed by atoms with van der Waals surface area (Å²) in [6.07, 6.45) is -0.170. The Morgan fingerprint density at radius 2 is 1.41 bits per heavy atom. The van der Waals surface area contributed by atoms with Gasteiger partial charge in [-0.15, -0.1) is 0 Å². The van der Waals surface area contributed by atoms with Gasteiger partial charge in [0.1, 0.15) is 18.1 Å². The molecule has 0 heterocycles. The van der Waals surface area contributed by atoms with E-state index in [0.717, 1.165) is 0 Å². The van der Waals surface area contributed by atoms with Crippen LogP contribution in [-0.2, 0) is 24.0 Å². The molecule has 0 aliphatic carbocycles. The number of carboxylic acids is 1. The molecule has 0 aromatic rings. The van der Waals surface area contributed by atoms with E-state index in [1.165, 1.54) is 0 Å². The van der Waals surface area contributed by atoms with Gasteiger partial charge in [-0.1, -0.05) is 13.8 Å². The Labute approximate surface area is 203 Å². The van der Waals surface area contributed by atoms with Crippen molar-refractivity contribution in [1.29, 1.82) is 0 Å². The topological polar surface area (TPSA) is 258 Å². The van der Waals surface area contributed by atoms with Gasteiger partial charge >= 0.3 is 5.97 Å². The van der Waals surface area contributed by atoms with Crippen LogP contribution in [0.5, 0.6) is 0 Å². The first-order chi connectivity index (χ1) is 15.8. The fraction of sp³-hybridized carbons (Fsp3) is 0.684. The zero-order valence-electron chi connectivity index (χ0n) is 19.3. The number of carboxylic acid groups (broad SMARTS) is 1. The summed E-state index contributed by atoms with van der Waals surface area (Å²) in [7, 11) is 0. The number of rotatable bonds is 16. The summed E-state index contributed by atoms with van der Waals surface area (Å²) in [5.74, 6) is -4.63. The lowest BCUT2D eigenvalue weighted by Crippen LogP contribution is -2.58. The molecule has 194 valence electrons. The number of hydrogen-bond donors (Lipinski definition) is 9. The lowest BCUT2D eigenvalue weighted by atomic mass is 10.0. The minimum absolute atomic E-state index is 0.0107.